The van der Waals surface area contributed by atoms with Crippen molar-refractivity contribution in [3.63, 3.8) is 0 Å². The predicted octanol–water partition coefficient (Wildman–Crippen LogP) is 2.35. The largest absolute Gasteiger partial charge is 0.468 e. The number of ether oxygens (including phenoxy) is 3. The second kappa shape index (κ2) is 10.6. The molecule has 1 amide bonds. The van der Waals surface area contributed by atoms with E-state index in [2.05, 4.69) is 5.32 Å². The maximum Gasteiger partial charge on any atom is 0.411 e. The molecular formula is C20H36N2O6. The van der Waals surface area contributed by atoms with E-state index in [0.717, 1.165) is 0 Å². The highest BCUT2D eigenvalue weighted by Crippen LogP contribution is 2.27. The summed E-state index contributed by atoms with van der Waals surface area (Å²) in [6.07, 6.45) is 0.713. The number of nitrogens with one attached hydrogen (secondary N) is 1. The Morgan fingerprint density at radius 2 is 1.86 bits per heavy atom. The van der Waals surface area contributed by atoms with E-state index in [1.54, 1.807) is 27.7 Å². The molecule has 0 spiro atoms. The van der Waals surface area contributed by atoms with Crippen LogP contribution in [0.25, 0.3) is 0 Å². The number of hydrogen-bond acceptors (Lipinski definition) is 7. The monoisotopic (exact) mass is 400 g/mol. The Morgan fingerprint density at radius 1 is 1.21 bits per heavy atom. The number of rotatable bonds is 8. The first-order chi connectivity index (χ1) is 13.0. The lowest BCUT2D eigenvalue weighted by atomic mass is 9.98. The van der Waals surface area contributed by atoms with Gasteiger partial charge in [0.05, 0.1) is 13.7 Å². The lowest BCUT2D eigenvalue weighted by Gasteiger charge is -2.30. The molecule has 3 atom stereocenters. The third kappa shape index (κ3) is 7.30. The van der Waals surface area contributed by atoms with Gasteiger partial charge in [0.15, 0.2) is 0 Å². The number of amides is 1. The van der Waals surface area contributed by atoms with Crippen LogP contribution in [-0.4, -0.2) is 67.4 Å². The Bertz CT molecular complexity index is 543. The van der Waals surface area contributed by atoms with Crippen molar-refractivity contribution in [2.24, 2.45) is 11.8 Å². The van der Waals surface area contributed by atoms with Crippen LogP contribution in [-0.2, 0) is 23.8 Å². The summed E-state index contributed by atoms with van der Waals surface area (Å²) in [7, 11) is 1.36. The first-order valence-electron chi connectivity index (χ1n) is 9.97. The van der Waals surface area contributed by atoms with E-state index in [-0.39, 0.29) is 18.5 Å². The lowest BCUT2D eigenvalue weighted by Crippen LogP contribution is -2.49. The van der Waals surface area contributed by atoms with Gasteiger partial charge in [0, 0.05) is 19.0 Å². The summed E-state index contributed by atoms with van der Waals surface area (Å²) < 4.78 is 15.5. The maximum absolute atomic E-state index is 12.6. The van der Waals surface area contributed by atoms with Crippen molar-refractivity contribution >= 4 is 18.0 Å². The van der Waals surface area contributed by atoms with E-state index in [0.29, 0.717) is 31.8 Å². The third-order valence-electron chi connectivity index (χ3n) is 4.50. The Morgan fingerprint density at radius 3 is 2.36 bits per heavy atom. The molecule has 1 saturated heterocycles. The minimum Gasteiger partial charge on any atom is -0.468 e. The molecule has 1 rings (SSSR count). The van der Waals surface area contributed by atoms with Gasteiger partial charge in [0.2, 0.25) is 0 Å². The number of likely N-dealkylation sites (tertiary alicyclic amines) is 1. The van der Waals surface area contributed by atoms with E-state index >= 15 is 0 Å². The van der Waals surface area contributed by atoms with Gasteiger partial charge in [-0.05, 0) is 46.5 Å². The smallest absolute Gasteiger partial charge is 0.411 e. The highest BCUT2D eigenvalue weighted by atomic mass is 16.6. The second-order valence-corrected chi connectivity index (χ2v) is 8.53. The van der Waals surface area contributed by atoms with Crippen molar-refractivity contribution in [1.29, 1.82) is 0 Å². The first kappa shape index (κ1) is 24.2. The maximum atomic E-state index is 12.6. The Hall–Kier alpha value is -1.83. The quantitative estimate of drug-likeness (QED) is 0.494. The van der Waals surface area contributed by atoms with E-state index < -0.39 is 29.7 Å². The lowest BCUT2D eigenvalue weighted by molar-refractivity contribution is -0.149. The molecule has 8 nitrogen and oxygen atoms in total. The van der Waals surface area contributed by atoms with Crippen LogP contribution in [0.4, 0.5) is 4.79 Å². The molecule has 0 bridgehead atoms. The molecule has 1 aliphatic heterocycles. The average molecular weight is 401 g/mol. The topological polar surface area (TPSA) is 94.2 Å². The molecule has 0 aliphatic carbocycles. The second-order valence-electron chi connectivity index (χ2n) is 8.53. The summed E-state index contributed by atoms with van der Waals surface area (Å²) in [5.41, 5.74) is -0.653. The summed E-state index contributed by atoms with van der Waals surface area (Å²) in [4.78, 5) is 38.6. The molecule has 1 fully saturated rings. The standard InChI is InChI=1S/C20H36N2O6/c1-8-27-18(24)16-14(9-10-22(16)19(25)28-20(4,5)6)12-21-15(11-13(2)3)17(23)26-7/h13-16,21H,8-12H2,1-7H3/t14-,15+,16-/m1/s1. The van der Waals surface area contributed by atoms with Crippen LogP contribution in [0, 0.1) is 11.8 Å². The fourth-order valence-electron chi connectivity index (χ4n) is 3.31. The van der Waals surface area contributed by atoms with Crippen molar-refractivity contribution in [3.8, 4) is 0 Å². The van der Waals surface area contributed by atoms with Gasteiger partial charge in [-0.1, -0.05) is 13.8 Å². The number of esters is 2. The molecule has 0 aromatic rings. The zero-order valence-corrected chi connectivity index (χ0v) is 18.2. The van der Waals surface area contributed by atoms with Crippen LogP contribution in [0.3, 0.4) is 0 Å². The first-order valence-corrected chi connectivity index (χ1v) is 9.97. The van der Waals surface area contributed by atoms with E-state index in [9.17, 15) is 14.4 Å². The number of methoxy groups -OCH3 is 1. The van der Waals surface area contributed by atoms with Crippen molar-refractivity contribution < 1.29 is 28.6 Å². The van der Waals surface area contributed by atoms with Crippen molar-refractivity contribution in [2.45, 2.75) is 72.1 Å². The van der Waals surface area contributed by atoms with Gasteiger partial charge in [-0.15, -0.1) is 0 Å². The summed E-state index contributed by atoms with van der Waals surface area (Å²) >= 11 is 0. The molecule has 0 aromatic carbocycles. The SMILES string of the molecule is CCOC(=O)[C@H]1[C@@H](CN[C@@H](CC(C)C)C(=O)OC)CCN1C(=O)OC(C)(C)C. The molecule has 0 aromatic heterocycles. The van der Waals surface area contributed by atoms with E-state index in [4.69, 9.17) is 14.2 Å². The minimum absolute atomic E-state index is 0.175. The molecule has 28 heavy (non-hydrogen) atoms. The van der Waals surface area contributed by atoms with Gasteiger partial charge in [0.25, 0.3) is 0 Å². The van der Waals surface area contributed by atoms with Crippen LogP contribution < -0.4 is 5.32 Å². The summed E-state index contributed by atoms with van der Waals surface area (Å²) in [5.74, 6) is -0.648. The molecule has 1 aliphatic rings. The number of nitrogens with zero attached hydrogens (tertiary/aromatic N) is 1. The van der Waals surface area contributed by atoms with Gasteiger partial charge in [-0.25, -0.2) is 9.59 Å². The fourth-order valence-corrected chi connectivity index (χ4v) is 3.31. The summed E-state index contributed by atoms with van der Waals surface area (Å²) in [6.45, 7) is 12.2. The molecule has 0 radical (unpaired) electrons. The zero-order chi connectivity index (χ0) is 21.5. The van der Waals surface area contributed by atoms with E-state index in [1.807, 2.05) is 13.8 Å². The summed E-state index contributed by atoms with van der Waals surface area (Å²) in [5, 5.41) is 3.22. The predicted molar refractivity (Wildman–Crippen MR) is 105 cm³/mol. The third-order valence-corrected chi connectivity index (χ3v) is 4.50. The highest BCUT2D eigenvalue weighted by molar-refractivity contribution is 5.82. The van der Waals surface area contributed by atoms with E-state index in [1.165, 1.54) is 12.0 Å². The molecule has 0 unspecified atom stereocenters. The molecule has 0 saturated carbocycles. The number of carbonyl (C=O) groups is 3. The molecule has 162 valence electrons. The van der Waals surface area contributed by atoms with Crippen LogP contribution in [0.2, 0.25) is 0 Å². The van der Waals surface area contributed by atoms with Crippen molar-refractivity contribution in [3.05, 3.63) is 0 Å². The van der Waals surface area contributed by atoms with Gasteiger partial charge >= 0.3 is 18.0 Å². The molecule has 8 heteroatoms. The Kier molecular flexibility index (Phi) is 9.20. The average Bonchev–Trinajstić information content (AvgIpc) is 3.00. The molecule has 1 heterocycles. The number of carbonyl (C=O) groups excluding carboxylic acids is 3. The molecule has 1 N–H and O–H groups in total. The molecular weight excluding hydrogens is 364 g/mol. The van der Waals surface area contributed by atoms with Crippen LogP contribution in [0.5, 0.6) is 0 Å². The van der Waals surface area contributed by atoms with Gasteiger partial charge in [-0.3, -0.25) is 9.69 Å². The summed E-state index contributed by atoms with van der Waals surface area (Å²) in [6, 6.07) is -1.19. The van der Waals surface area contributed by atoms with Crippen LogP contribution in [0.15, 0.2) is 0 Å². The van der Waals surface area contributed by atoms with Crippen molar-refractivity contribution in [2.75, 3.05) is 26.8 Å². The Labute approximate surface area is 168 Å². The van der Waals surface area contributed by atoms with Gasteiger partial charge in [-0.2, -0.15) is 0 Å². The van der Waals surface area contributed by atoms with Crippen LogP contribution >= 0.6 is 0 Å². The van der Waals surface area contributed by atoms with Gasteiger partial charge in [0.1, 0.15) is 17.7 Å². The Balaban J connectivity index is 2.89. The fraction of sp³-hybridized carbons (Fsp3) is 0.850. The highest BCUT2D eigenvalue weighted by Gasteiger charge is 2.44. The minimum atomic E-state index is -0.736. The normalized spacial score (nSPS) is 20.8. The van der Waals surface area contributed by atoms with Crippen molar-refractivity contribution in [1.82, 2.24) is 10.2 Å². The zero-order valence-electron chi connectivity index (χ0n) is 18.2. The number of hydrogen-bond donors (Lipinski definition) is 1. The van der Waals surface area contributed by atoms with Crippen LogP contribution in [0.1, 0.15) is 54.4 Å². The van der Waals surface area contributed by atoms with Gasteiger partial charge < -0.3 is 19.5 Å².